The first-order valence-electron chi connectivity index (χ1n) is 8.81. The van der Waals surface area contributed by atoms with Gasteiger partial charge in [-0.05, 0) is 58.2 Å². The molecule has 5 rings (SSSR count). The van der Waals surface area contributed by atoms with Crippen molar-refractivity contribution in [3.8, 4) is 11.1 Å². The molecule has 2 heteroatoms. The van der Waals surface area contributed by atoms with Crippen LogP contribution in [0.15, 0.2) is 72.2 Å². The average molecular weight is 341 g/mol. The summed E-state index contributed by atoms with van der Waals surface area (Å²) in [6, 6.07) is 24.5. The van der Waals surface area contributed by atoms with E-state index in [-0.39, 0.29) is 0 Å². The van der Waals surface area contributed by atoms with Crippen LogP contribution in [0, 0.1) is 0 Å². The maximum Gasteiger partial charge on any atom is 0.0815 e. The molecular weight excluding hydrogens is 322 g/mol. The zero-order chi connectivity index (χ0) is 16.8. The number of benzene rings is 3. The Hall–Kier alpha value is -2.45. The molecule has 0 bridgehead atoms. The molecule has 0 N–H and O–H groups in total. The van der Waals surface area contributed by atoms with Crippen molar-refractivity contribution in [2.24, 2.45) is 0 Å². The molecule has 1 heterocycles. The van der Waals surface area contributed by atoms with E-state index in [1.165, 1.54) is 32.5 Å². The molecule has 1 aromatic heterocycles. The monoisotopic (exact) mass is 341 g/mol. The van der Waals surface area contributed by atoms with Crippen LogP contribution in [0.2, 0.25) is 0 Å². The van der Waals surface area contributed by atoms with Gasteiger partial charge in [0.15, 0.2) is 0 Å². The maximum absolute atomic E-state index is 4.56. The second kappa shape index (κ2) is 5.82. The molecule has 0 saturated heterocycles. The minimum absolute atomic E-state index is 0.455. The highest BCUT2D eigenvalue weighted by Gasteiger charge is 2.29. The number of hydrogen-bond donors (Lipinski definition) is 0. The topological polar surface area (TPSA) is 12.9 Å². The van der Waals surface area contributed by atoms with Crippen molar-refractivity contribution in [2.75, 3.05) is 0 Å². The SMILES string of the molecule is CC1c2cc3ncsc3cc2-c2ccccc2CC1c1ccccc1. The number of rotatable bonds is 1. The number of fused-ring (bicyclic) bond motifs is 4. The molecule has 0 radical (unpaired) electrons. The molecule has 1 aliphatic rings. The van der Waals surface area contributed by atoms with E-state index >= 15 is 0 Å². The van der Waals surface area contributed by atoms with Crippen LogP contribution in [0.1, 0.15) is 35.4 Å². The third-order valence-corrected chi connectivity index (χ3v) is 6.36. The van der Waals surface area contributed by atoms with Gasteiger partial charge in [-0.3, -0.25) is 0 Å². The number of thiazole rings is 1. The van der Waals surface area contributed by atoms with Gasteiger partial charge in [-0.2, -0.15) is 0 Å². The molecule has 3 aromatic carbocycles. The predicted octanol–water partition coefficient (Wildman–Crippen LogP) is 6.41. The second-order valence-corrected chi connectivity index (χ2v) is 7.81. The molecule has 25 heavy (non-hydrogen) atoms. The van der Waals surface area contributed by atoms with E-state index in [4.69, 9.17) is 0 Å². The van der Waals surface area contributed by atoms with Gasteiger partial charge in [0.1, 0.15) is 0 Å². The van der Waals surface area contributed by atoms with Gasteiger partial charge in [0, 0.05) is 0 Å². The van der Waals surface area contributed by atoms with Crippen LogP contribution in [0.5, 0.6) is 0 Å². The van der Waals surface area contributed by atoms with Crippen LogP contribution < -0.4 is 0 Å². The molecule has 0 fully saturated rings. The molecule has 2 atom stereocenters. The first-order chi connectivity index (χ1) is 12.3. The Kier molecular flexibility index (Phi) is 3.46. The Labute approximate surface area is 152 Å². The summed E-state index contributed by atoms with van der Waals surface area (Å²) in [5.74, 6) is 0.940. The summed E-state index contributed by atoms with van der Waals surface area (Å²) in [5, 5.41) is 0. The van der Waals surface area contributed by atoms with Crippen molar-refractivity contribution in [3.63, 3.8) is 0 Å². The summed E-state index contributed by atoms with van der Waals surface area (Å²) in [4.78, 5) is 4.56. The van der Waals surface area contributed by atoms with E-state index in [1.54, 1.807) is 11.3 Å². The van der Waals surface area contributed by atoms with Gasteiger partial charge in [-0.15, -0.1) is 11.3 Å². The Bertz CT molecular complexity index is 1050. The van der Waals surface area contributed by atoms with Gasteiger partial charge in [0.05, 0.1) is 15.7 Å². The maximum atomic E-state index is 4.56. The second-order valence-electron chi connectivity index (χ2n) is 6.93. The van der Waals surface area contributed by atoms with Crippen molar-refractivity contribution in [3.05, 3.63) is 88.9 Å². The largest absolute Gasteiger partial charge is 0.245 e. The van der Waals surface area contributed by atoms with Crippen molar-refractivity contribution >= 4 is 21.6 Å². The highest BCUT2D eigenvalue weighted by Crippen LogP contribution is 2.46. The Morgan fingerprint density at radius 2 is 1.72 bits per heavy atom. The average Bonchev–Trinajstić information content (AvgIpc) is 3.08. The lowest BCUT2D eigenvalue weighted by atomic mass is 9.80. The third-order valence-electron chi connectivity index (χ3n) is 5.57. The summed E-state index contributed by atoms with van der Waals surface area (Å²) in [6.45, 7) is 2.38. The van der Waals surface area contributed by atoms with Gasteiger partial charge in [0.25, 0.3) is 0 Å². The number of hydrogen-bond acceptors (Lipinski definition) is 2. The summed E-state index contributed by atoms with van der Waals surface area (Å²) < 4.78 is 1.28. The fourth-order valence-corrected chi connectivity index (χ4v) is 4.93. The highest BCUT2D eigenvalue weighted by molar-refractivity contribution is 7.16. The first-order valence-corrected chi connectivity index (χ1v) is 9.69. The highest BCUT2D eigenvalue weighted by atomic mass is 32.1. The molecule has 0 amide bonds. The van der Waals surface area contributed by atoms with Crippen molar-refractivity contribution in [1.29, 1.82) is 0 Å². The molecule has 1 aliphatic carbocycles. The molecular formula is C23H19NS. The molecule has 122 valence electrons. The molecule has 2 unspecified atom stereocenters. The molecule has 0 saturated carbocycles. The van der Waals surface area contributed by atoms with Gasteiger partial charge < -0.3 is 0 Å². The van der Waals surface area contributed by atoms with Gasteiger partial charge in [-0.1, -0.05) is 61.5 Å². The van der Waals surface area contributed by atoms with Crippen LogP contribution in [0.25, 0.3) is 21.3 Å². The zero-order valence-corrected chi connectivity index (χ0v) is 15.0. The molecule has 0 spiro atoms. The summed E-state index contributed by atoms with van der Waals surface area (Å²) in [6.07, 6.45) is 1.08. The smallest absolute Gasteiger partial charge is 0.0815 e. The molecule has 4 aromatic rings. The van der Waals surface area contributed by atoms with E-state index < -0.39 is 0 Å². The third kappa shape index (κ3) is 2.40. The summed E-state index contributed by atoms with van der Waals surface area (Å²) in [7, 11) is 0. The van der Waals surface area contributed by atoms with Crippen LogP contribution in [0.3, 0.4) is 0 Å². The quantitative estimate of drug-likeness (QED) is 0.390. The van der Waals surface area contributed by atoms with Gasteiger partial charge in [-0.25, -0.2) is 4.98 Å². The Morgan fingerprint density at radius 1 is 0.920 bits per heavy atom. The minimum Gasteiger partial charge on any atom is -0.245 e. The van der Waals surface area contributed by atoms with Crippen molar-refractivity contribution < 1.29 is 0 Å². The summed E-state index contributed by atoms with van der Waals surface area (Å²) >= 11 is 1.73. The van der Waals surface area contributed by atoms with E-state index in [1.807, 2.05) is 5.51 Å². The number of aromatic nitrogens is 1. The molecule has 0 aliphatic heterocycles. The lowest BCUT2D eigenvalue weighted by Crippen LogP contribution is -2.10. The van der Waals surface area contributed by atoms with E-state index in [9.17, 15) is 0 Å². The zero-order valence-electron chi connectivity index (χ0n) is 14.1. The molecule has 1 nitrogen and oxygen atoms in total. The van der Waals surface area contributed by atoms with Crippen LogP contribution in [0.4, 0.5) is 0 Å². The van der Waals surface area contributed by atoms with Crippen molar-refractivity contribution in [1.82, 2.24) is 4.98 Å². The van der Waals surface area contributed by atoms with E-state index in [2.05, 4.69) is 78.6 Å². The fourth-order valence-electron chi connectivity index (χ4n) is 4.23. The standard InChI is InChI=1S/C23H19NS/c1-15-19(16-7-3-2-4-8-16)11-17-9-5-6-10-18(17)21-13-23-22(12-20(15)21)24-14-25-23/h2-10,12-15,19H,11H2,1H3. The Balaban J connectivity index is 1.79. The van der Waals surface area contributed by atoms with Crippen LogP contribution in [-0.2, 0) is 6.42 Å². The van der Waals surface area contributed by atoms with E-state index in [0.29, 0.717) is 11.8 Å². The predicted molar refractivity (Wildman–Crippen MR) is 106 cm³/mol. The first kappa shape index (κ1) is 14.9. The minimum atomic E-state index is 0.455. The van der Waals surface area contributed by atoms with Crippen LogP contribution in [-0.4, -0.2) is 4.98 Å². The number of nitrogens with zero attached hydrogens (tertiary/aromatic N) is 1. The summed E-state index contributed by atoms with van der Waals surface area (Å²) in [5.41, 5.74) is 10.2. The van der Waals surface area contributed by atoms with E-state index in [0.717, 1.165) is 11.9 Å². The van der Waals surface area contributed by atoms with Gasteiger partial charge >= 0.3 is 0 Å². The van der Waals surface area contributed by atoms with Crippen molar-refractivity contribution in [2.45, 2.75) is 25.2 Å². The lowest BCUT2D eigenvalue weighted by molar-refractivity contribution is 0.580. The van der Waals surface area contributed by atoms with Gasteiger partial charge in [0.2, 0.25) is 0 Å². The van der Waals surface area contributed by atoms with Crippen LogP contribution >= 0.6 is 11.3 Å². The lowest BCUT2D eigenvalue weighted by Gasteiger charge is -2.24. The normalized spacial score (nSPS) is 19.2. The Morgan fingerprint density at radius 3 is 2.60 bits per heavy atom. The fraction of sp³-hybridized carbons (Fsp3) is 0.174.